The minimum Gasteiger partial charge on any atom is -0.508 e. The first kappa shape index (κ1) is 14.4. The summed E-state index contributed by atoms with van der Waals surface area (Å²) in [4.78, 5) is 0. The molecule has 0 atom stereocenters. The van der Waals surface area contributed by atoms with Crippen molar-refractivity contribution in [1.82, 2.24) is 5.32 Å². The molecule has 2 nitrogen and oxygen atoms in total. The quantitative estimate of drug-likeness (QED) is 0.662. The van der Waals surface area contributed by atoms with Gasteiger partial charge in [0.2, 0.25) is 0 Å². The molecule has 3 heteroatoms. The molecule has 0 aliphatic rings. The van der Waals surface area contributed by atoms with Gasteiger partial charge in [-0.3, -0.25) is 0 Å². The lowest BCUT2D eigenvalue weighted by Crippen LogP contribution is -2.14. The summed E-state index contributed by atoms with van der Waals surface area (Å²) in [7, 11) is 0. The molecule has 2 N–H and O–H groups in total. The van der Waals surface area contributed by atoms with Crippen molar-refractivity contribution < 1.29 is 5.11 Å². The molecule has 0 aromatic heterocycles. The predicted octanol–water partition coefficient (Wildman–Crippen LogP) is 3.41. The van der Waals surface area contributed by atoms with E-state index in [0.717, 1.165) is 13.1 Å². The SMILES string of the molecule is CSCCCCCCNCc1ccc(O)cc1. The predicted molar refractivity (Wildman–Crippen MR) is 76.7 cm³/mol. The zero-order chi connectivity index (χ0) is 12.3. The Kier molecular flexibility index (Phi) is 7.93. The van der Waals surface area contributed by atoms with Crippen molar-refractivity contribution in [3.63, 3.8) is 0 Å². The van der Waals surface area contributed by atoms with Crippen LogP contribution in [0.3, 0.4) is 0 Å². The number of hydrogen-bond acceptors (Lipinski definition) is 3. The molecule has 0 amide bonds. The molecule has 1 aromatic carbocycles. The van der Waals surface area contributed by atoms with E-state index in [9.17, 15) is 0 Å². The van der Waals surface area contributed by atoms with Gasteiger partial charge in [-0.25, -0.2) is 0 Å². The maximum absolute atomic E-state index is 9.15. The highest BCUT2D eigenvalue weighted by molar-refractivity contribution is 7.98. The number of phenols is 1. The second-order valence-electron chi connectivity index (χ2n) is 4.25. The van der Waals surface area contributed by atoms with Gasteiger partial charge in [-0.15, -0.1) is 0 Å². The number of hydrogen-bond donors (Lipinski definition) is 2. The van der Waals surface area contributed by atoms with Crippen molar-refractivity contribution in [1.29, 1.82) is 0 Å². The zero-order valence-electron chi connectivity index (χ0n) is 10.6. The molecule has 0 radical (unpaired) electrons. The number of rotatable bonds is 9. The molecule has 0 aliphatic carbocycles. The molecule has 0 bridgehead atoms. The smallest absolute Gasteiger partial charge is 0.115 e. The third-order valence-electron chi connectivity index (χ3n) is 2.72. The van der Waals surface area contributed by atoms with Gasteiger partial charge in [-0.05, 0) is 49.1 Å². The molecule has 17 heavy (non-hydrogen) atoms. The molecular formula is C14H23NOS. The lowest BCUT2D eigenvalue weighted by atomic mass is 10.2. The van der Waals surface area contributed by atoms with Crippen molar-refractivity contribution in [2.24, 2.45) is 0 Å². The van der Waals surface area contributed by atoms with E-state index in [1.165, 1.54) is 37.0 Å². The van der Waals surface area contributed by atoms with Crippen LogP contribution < -0.4 is 5.32 Å². The Bertz CT molecular complexity index is 287. The first-order valence-electron chi connectivity index (χ1n) is 6.30. The summed E-state index contributed by atoms with van der Waals surface area (Å²) in [6, 6.07) is 7.39. The van der Waals surface area contributed by atoms with Gasteiger partial charge in [0.15, 0.2) is 0 Å². The molecule has 0 saturated heterocycles. The standard InChI is InChI=1S/C14H23NOS/c1-17-11-5-3-2-4-10-15-12-13-6-8-14(16)9-7-13/h6-9,15-16H,2-5,10-12H2,1H3. The number of benzene rings is 1. The highest BCUT2D eigenvalue weighted by Gasteiger charge is 1.93. The summed E-state index contributed by atoms with van der Waals surface area (Å²) in [5.74, 6) is 1.63. The Labute approximate surface area is 109 Å². The molecule has 0 spiro atoms. The Morgan fingerprint density at radius 2 is 1.76 bits per heavy atom. The zero-order valence-corrected chi connectivity index (χ0v) is 11.4. The molecule has 1 rings (SSSR count). The minimum atomic E-state index is 0.336. The highest BCUT2D eigenvalue weighted by atomic mass is 32.2. The molecule has 96 valence electrons. The third kappa shape index (κ3) is 7.29. The van der Waals surface area contributed by atoms with E-state index in [1.54, 1.807) is 12.1 Å². The molecule has 0 fully saturated rings. The van der Waals surface area contributed by atoms with Crippen LogP contribution in [0.1, 0.15) is 31.2 Å². The van der Waals surface area contributed by atoms with Crippen LogP contribution in [0.25, 0.3) is 0 Å². The van der Waals surface area contributed by atoms with Gasteiger partial charge >= 0.3 is 0 Å². The lowest BCUT2D eigenvalue weighted by molar-refractivity contribution is 0.475. The molecule has 0 aliphatic heterocycles. The van der Waals surface area contributed by atoms with Crippen LogP contribution in [0.5, 0.6) is 5.75 Å². The van der Waals surface area contributed by atoms with Gasteiger partial charge < -0.3 is 10.4 Å². The first-order valence-corrected chi connectivity index (χ1v) is 7.70. The van der Waals surface area contributed by atoms with Gasteiger partial charge in [0.25, 0.3) is 0 Å². The topological polar surface area (TPSA) is 32.3 Å². The van der Waals surface area contributed by atoms with Gasteiger partial charge in [0.1, 0.15) is 5.75 Å². The largest absolute Gasteiger partial charge is 0.508 e. The maximum Gasteiger partial charge on any atom is 0.115 e. The van der Waals surface area contributed by atoms with Crippen LogP contribution in [0, 0.1) is 0 Å². The van der Waals surface area contributed by atoms with E-state index in [1.807, 2.05) is 23.9 Å². The second kappa shape index (κ2) is 9.37. The summed E-state index contributed by atoms with van der Waals surface area (Å²) in [5.41, 5.74) is 1.23. The fourth-order valence-electron chi connectivity index (χ4n) is 1.70. The van der Waals surface area contributed by atoms with E-state index in [4.69, 9.17) is 5.11 Å². The molecule has 0 heterocycles. The highest BCUT2D eigenvalue weighted by Crippen LogP contribution is 2.09. The number of thioether (sulfide) groups is 1. The summed E-state index contributed by atoms with van der Waals surface area (Å²) < 4.78 is 0. The fourth-order valence-corrected chi connectivity index (χ4v) is 2.19. The van der Waals surface area contributed by atoms with Crippen LogP contribution >= 0.6 is 11.8 Å². The van der Waals surface area contributed by atoms with Gasteiger partial charge in [-0.2, -0.15) is 11.8 Å². The Morgan fingerprint density at radius 3 is 2.47 bits per heavy atom. The average Bonchev–Trinajstić information content (AvgIpc) is 2.35. The Hall–Kier alpha value is -0.670. The summed E-state index contributed by atoms with van der Waals surface area (Å²) in [6.07, 6.45) is 7.44. The molecule has 0 saturated carbocycles. The van der Waals surface area contributed by atoms with Crippen molar-refractivity contribution >= 4 is 11.8 Å². The first-order chi connectivity index (χ1) is 8.33. The Morgan fingerprint density at radius 1 is 1.06 bits per heavy atom. The third-order valence-corrected chi connectivity index (χ3v) is 3.41. The van der Waals surface area contributed by atoms with E-state index < -0.39 is 0 Å². The van der Waals surface area contributed by atoms with E-state index in [2.05, 4.69) is 11.6 Å². The maximum atomic E-state index is 9.15. The van der Waals surface area contributed by atoms with Crippen LogP contribution in [-0.2, 0) is 6.54 Å². The van der Waals surface area contributed by atoms with Crippen molar-refractivity contribution in [3.05, 3.63) is 29.8 Å². The van der Waals surface area contributed by atoms with Crippen LogP contribution in [0.2, 0.25) is 0 Å². The summed E-state index contributed by atoms with van der Waals surface area (Å²) in [5, 5.41) is 12.6. The number of phenolic OH excluding ortho intramolecular Hbond substituents is 1. The lowest BCUT2D eigenvalue weighted by Gasteiger charge is -2.05. The molecule has 1 aromatic rings. The van der Waals surface area contributed by atoms with Crippen LogP contribution in [0.4, 0.5) is 0 Å². The van der Waals surface area contributed by atoms with Gasteiger partial charge in [0, 0.05) is 6.54 Å². The average molecular weight is 253 g/mol. The molecular weight excluding hydrogens is 230 g/mol. The van der Waals surface area contributed by atoms with Gasteiger partial charge in [-0.1, -0.05) is 25.0 Å². The monoisotopic (exact) mass is 253 g/mol. The van der Waals surface area contributed by atoms with Crippen LogP contribution in [-0.4, -0.2) is 23.7 Å². The van der Waals surface area contributed by atoms with Crippen molar-refractivity contribution in [3.8, 4) is 5.75 Å². The van der Waals surface area contributed by atoms with E-state index in [0.29, 0.717) is 5.75 Å². The second-order valence-corrected chi connectivity index (χ2v) is 5.24. The normalized spacial score (nSPS) is 10.6. The number of unbranched alkanes of at least 4 members (excludes halogenated alkanes) is 3. The minimum absolute atomic E-state index is 0.336. The fraction of sp³-hybridized carbons (Fsp3) is 0.571. The van der Waals surface area contributed by atoms with E-state index in [-0.39, 0.29) is 0 Å². The number of aromatic hydroxyl groups is 1. The summed E-state index contributed by atoms with van der Waals surface area (Å²) in [6.45, 7) is 1.98. The van der Waals surface area contributed by atoms with Crippen LogP contribution in [0.15, 0.2) is 24.3 Å². The number of nitrogens with one attached hydrogen (secondary N) is 1. The van der Waals surface area contributed by atoms with Crippen molar-refractivity contribution in [2.45, 2.75) is 32.2 Å². The Balaban J connectivity index is 1.95. The van der Waals surface area contributed by atoms with E-state index >= 15 is 0 Å². The molecule has 0 unspecified atom stereocenters. The van der Waals surface area contributed by atoms with Gasteiger partial charge in [0.05, 0.1) is 0 Å². The van der Waals surface area contributed by atoms with Crippen molar-refractivity contribution in [2.75, 3.05) is 18.6 Å². The summed E-state index contributed by atoms with van der Waals surface area (Å²) >= 11 is 1.93.